The molecule has 1 aliphatic rings. The number of unbranched alkanes of at least 4 members (excludes halogenated alkanes) is 3. The molecule has 0 amide bonds. The Labute approximate surface area is 70.1 Å². The van der Waals surface area contributed by atoms with Gasteiger partial charge in [0.2, 0.25) is 0 Å². The molecular weight excluding hydrogens is 134 g/mol. The molecule has 0 unspecified atom stereocenters. The maximum atomic E-state index is 2.43. The van der Waals surface area contributed by atoms with Gasteiger partial charge in [0.1, 0.15) is 0 Å². The van der Waals surface area contributed by atoms with Crippen LogP contribution in [0.3, 0.4) is 0 Å². The molecule has 1 rings (SSSR count). The van der Waals surface area contributed by atoms with Gasteiger partial charge < -0.3 is 4.90 Å². The zero-order chi connectivity index (χ0) is 7.94. The maximum absolute atomic E-state index is 2.43. The zero-order valence-corrected chi connectivity index (χ0v) is 7.55. The third-order valence-corrected chi connectivity index (χ3v) is 2.20. The molecule has 1 nitrogen and oxygen atoms in total. The summed E-state index contributed by atoms with van der Waals surface area (Å²) in [5, 5.41) is 0. The van der Waals surface area contributed by atoms with Crippen molar-refractivity contribution in [3.63, 3.8) is 0 Å². The van der Waals surface area contributed by atoms with E-state index in [4.69, 9.17) is 0 Å². The van der Waals surface area contributed by atoms with Crippen molar-refractivity contribution >= 4 is 0 Å². The Bertz CT molecular complexity index is 118. The second-order valence-corrected chi connectivity index (χ2v) is 3.27. The van der Waals surface area contributed by atoms with E-state index < -0.39 is 0 Å². The minimum atomic E-state index is 1.26. The minimum absolute atomic E-state index is 1.26. The second-order valence-electron chi connectivity index (χ2n) is 3.27. The van der Waals surface area contributed by atoms with E-state index in [1.807, 2.05) is 0 Å². The molecule has 0 aromatic heterocycles. The van der Waals surface area contributed by atoms with E-state index in [0.717, 1.165) is 0 Å². The van der Waals surface area contributed by atoms with Crippen molar-refractivity contribution < 1.29 is 0 Å². The van der Waals surface area contributed by atoms with Crippen molar-refractivity contribution in [2.75, 3.05) is 13.1 Å². The SMILES string of the molecule is CCCCCCN1C=CCC1. The van der Waals surface area contributed by atoms with Gasteiger partial charge in [-0.3, -0.25) is 0 Å². The Morgan fingerprint density at radius 3 is 2.82 bits per heavy atom. The molecule has 1 aliphatic heterocycles. The highest BCUT2D eigenvalue weighted by Crippen LogP contribution is 2.06. The number of nitrogens with zero attached hydrogens (tertiary/aromatic N) is 1. The van der Waals surface area contributed by atoms with E-state index in [1.165, 1.54) is 45.2 Å². The number of rotatable bonds is 5. The molecule has 11 heavy (non-hydrogen) atoms. The Balaban J connectivity index is 1.90. The lowest BCUT2D eigenvalue weighted by molar-refractivity contribution is 0.389. The van der Waals surface area contributed by atoms with Crippen LogP contribution >= 0.6 is 0 Å². The van der Waals surface area contributed by atoms with E-state index in [0.29, 0.717) is 0 Å². The lowest BCUT2D eigenvalue weighted by Crippen LogP contribution is -2.15. The van der Waals surface area contributed by atoms with Crippen molar-refractivity contribution in [1.29, 1.82) is 0 Å². The molecule has 64 valence electrons. The first-order valence-corrected chi connectivity index (χ1v) is 4.84. The fourth-order valence-corrected chi connectivity index (χ4v) is 1.47. The summed E-state index contributed by atoms with van der Waals surface area (Å²) in [4.78, 5) is 2.43. The minimum Gasteiger partial charge on any atom is -0.377 e. The molecule has 0 radical (unpaired) electrons. The zero-order valence-electron chi connectivity index (χ0n) is 7.55. The van der Waals surface area contributed by atoms with Crippen molar-refractivity contribution in [3.8, 4) is 0 Å². The molecular formula is C10H19N. The van der Waals surface area contributed by atoms with Gasteiger partial charge in [-0.2, -0.15) is 0 Å². The summed E-state index contributed by atoms with van der Waals surface area (Å²) in [5.74, 6) is 0. The lowest BCUT2D eigenvalue weighted by Gasteiger charge is -2.14. The summed E-state index contributed by atoms with van der Waals surface area (Å²) in [5.41, 5.74) is 0. The molecule has 0 aliphatic carbocycles. The van der Waals surface area contributed by atoms with Gasteiger partial charge in [-0.05, 0) is 19.0 Å². The predicted molar refractivity (Wildman–Crippen MR) is 49.5 cm³/mol. The first kappa shape index (κ1) is 8.63. The Morgan fingerprint density at radius 1 is 1.27 bits per heavy atom. The molecule has 0 N–H and O–H groups in total. The van der Waals surface area contributed by atoms with Crippen LogP contribution in [0, 0.1) is 0 Å². The normalized spacial score (nSPS) is 16.3. The molecule has 0 atom stereocenters. The van der Waals surface area contributed by atoms with Crippen LogP contribution in [0.4, 0.5) is 0 Å². The molecule has 0 saturated carbocycles. The molecule has 0 aromatic carbocycles. The standard InChI is InChI=1S/C10H19N/c1-2-3-4-5-8-11-9-6-7-10-11/h6,9H,2-5,7-8,10H2,1H3. The van der Waals surface area contributed by atoms with E-state index in [2.05, 4.69) is 24.1 Å². The van der Waals surface area contributed by atoms with Crippen LogP contribution in [-0.2, 0) is 0 Å². The van der Waals surface area contributed by atoms with Crippen molar-refractivity contribution in [1.82, 2.24) is 4.90 Å². The largest absolute Gasteiger partial charge is 0.377 e. The average Bonchev–Trinajstić information content (AvgIpc) is 2.50. The van der Waals surface area contributed by atoms with Crippen LogP contribution in [0.1, 0.15) is 39.0 Å². The molecule has 0 bridgehead atoms. The van der Waals surface area contributed by atoms with Crippen LogP contribution in [0.15, 0.2) is 12.3 Å². The third-order valence-electron chi connectivity index (χ3n) is 2.20. The van der Waals surface area contributed by atoms with Crippen molar-refractivity contribution in [2.24, 2.45) is 0 Å². The summed E-state index contributed by atoms with van der Waals surface area (Å²) < 4.78 is 0. The Morgan fingerprint density at radius 2 is 2.18 bits per heavy atom. The van der Waals surface area contributed by atoms with E-state index in [-0.39, 0.29) is 0 Å². The third kappa shape index (κ3) is 3.45. The first-order valence-electron chi connectivity index (χ1n) is 4.84. The van der Waals surface area contributed by atoms with Gasteiger partial charge in [0, 0.05) is 13.1 Å². The van der Waals surface area contributed by atoms with Gasteiger partial charge in [-0.15, -0.1) is 0 Å². The van der Waals surface area contributed by atoms with Gasteiger partial charge >= 0.3 is 0 Å². The maximum Gasteiger partial charge on any atom is 0.0207 e. The van der Waals surface area contributed by atoms with Gasteiger partial charge in [-0.1, -0.05) is 32.3 Å². The number of hydrogen-bond acceptors (Lipinski definition) is 1. The van der Waals surface area contributed by atoms with E-state index in [9.17, 15) is 0 Å². The topological polar surface area (TPSA) is 3.24 Å². The average molecular weight is 153 g/mol. The monoisotopic (exact) mass is 153 g/mol. The predicted octanol–water partition coefficient (Wildman–Crippen LogP) is 2.79. The van der Waals surface area contributed by atoms with E-state index in [1.54, 1.807) is 0 Å². The molecule has 1 heterocycles. The molecule has 0 spiro atoms. The smallest absolute Gasteiger partial charge is 0.0207 e. The molecule has 0 aromatic rings. The van der Waals surface area contributed by atoms with Gasteiger partial charge in [0.25, 0.3) is 0 Å². The quantitative estimate of drug-likeness (QED) is 0.549. The lowest BCUT2D eigenvalue weighted by atomic mass is 10.2. The van der Waals surface area contributed by atoms with Gasteiger partial charge in [0.15, 0.2) is 0 Å². The summed E-state index contributed by atoms with van der Waals surface area (Å²) in [6.45, 7) is 4.79. The fourth-order valence-electron chi connectivity index (χ4n) is 1.47. The summed E-state index contributed by atoms with van der Waals surface area (Å²) in [7, 11) is 0. The van der Waals surface area contributed by atoms with Crippen LogP contribution in [0.25, 0.3) is 0 Å². The molecule has 0 fully saturated rings. The van der Waals surface area contributed by atoms with Crippen LogP contribution in [0.5, 0.6) is 0 Å². The number of hydrogen-bond donors (Lipinski definition) is 0. The Kier molecular flexibility index (Phi) is 4.10. The van der Waals surface area contributed by atoms with Gasteiger partial charge in [0.05, 0.1) is 0 Å². The summed E-state index contributed by atoms with van der Waals surface area (Å²) >= 11 is 0. The second kappa shape index (κ2) is 5.22. The van der Waals surface area contributed by atoms with Crippen LogP contribution < -0.4 is 0 Å². The van der Waals surface area contributed by atoms with E-state index >= 15 is 0 Å². The first-order chi connectivity index (χ1) is 5.43. The summed E-state index contributed by atoms with van der Waals surface area (Å²) in [6.07, 6.45) is 11.3. The van der Waals surface area contributed by atoms with Crippen molar-refractivity contribution in [2.45, 2.75) is 39.0 Å². The summed E-state index contributed by atoms with van der Waals surface area (Å²) in [6, 6.07) is 0. The van der Waals surface area contributed by atoms with Crippen LogP contribution in [-0.4, -0.2) is 18.0 Å². The highest BCUT2D eigenvalue weighted by molar-refractivity contribution is 4.90. The highest BCUT2D eigenvalue weighted by Gasteiger charge is 2.01. The molecule has 1 heteroatoms. The fraction of sp³-hybridized carbons (Fsp3) is 0.800. The van der Waals surface area contributed by atoms with Crippen molar-refractivity contribution in [3.05, 3.63) is 12.3 Å². The Hall–Kier alpha value is -0.460. The van der Waals surface area contributed by atoms with Gasteiger partial charge in [-0.25, -0.2) is 0 Å². The van der Waals surface area contributed by atoms with Crippen LogP contribution in [0.2, 0.25) is 0 Å². The highest BCUT2D eigenvalue weighted by atomic mass is 15.1. The molecule has 0 saturated heterocycles.